The molecule has 0 unspecified atom stereocenters. The number of aromatic nitrogens is 1. The first-order chi connectivity index (χ1) is 13.4. The molecule has 0 saturated carbocycles. The molecule has 0 aliphatic carbocycles. The molecule has 3 aromatic rings. The summed E-state index contributed by atoms with van der Waals surface area (Å²) in [7, 11) is 2.01. The zero-order valence-electron chi connectivity index (χ0n) is 17.9. The number of benzene rings is 2. The molecule has 1 aromatic heterocycles. The van der Waals surface area contributed by atoms with Crippen LogP contribution in [-0.2, 0) is 6.42 Å². The summed E-state index contributed by atoms with van der Waals surface area (Å²) in [4.78, 5) is 11.4. The Morgan fingerprint density at radius 3 is 2.47 bits per heavy atom. The summed E-state index contributed by atoms with van der Waals surface area (Å²) >= 11 is 1.62. The van der Waals surface area contributed by atoms with Crippen molar-refractivity contribution in [2.24, 2.45) is 4.99 Å². The lowest BCUT2D eigenvalue weighted by molar-refractivity contribution is 0.552. The molecule has 7 heteroatoms. The van der Waals surface area contributed by atoms with E-state index in [2.05, 4.69) is 37.9 Å². The number of thiazole rings is 1. The minimum Gasteiger partial charge on any atom is -0.366 e. The average Bonchev–Trinajstić information content (AvgIpc) is 3.13. The van der Waals surface area contributed by atoms with E-state index in [1.54, 1.807) is 30.4 Å². The molecule has 0 aliphatic heterocycles. The fourth-order valence-electron chi connectivity index (χ4n) is 2.87. The highest BCUT2D eigenvalue weighted by molar-refractivity contribution is 7.10. The van der Waals surface area contributed by atoms with Crippen molar-refractivity contribution in [1.82, 2.24) is 9.88 Å². The lowest BCUT2D eigenvalue weighted by Gasteiger charge is -2.11. The van der Waals surface area contributed by atoms with Crippen LogP contribution in [0.25, 0.3) is 11.3 Å². The standard InChI is InChI=1S/C23H26FN3S.2ClH/c1-6-27(5)14-25-21-10-16(3)19(9-17(21)4)12-23-26-22(13-28-23)18-8-7-15(2)20(24)11-18;;/h7-11,13-14H,6,12H2,1-5H3;2*1H. The van der Waals surface area contributed by atoms with E-state index in [0.29, 0.717) is 5.56 Å². The summed E-state index contributed by atoms with van der Waals surface area (Å²) in [5, 5.41) is 3.03. The van der Waals surface area contributed by atoms with Crippen molar-refractivity contribution in [1.29, 1.82) is 0 Å². The van der Waals surface area contributed by atoms with E-state index < -0.39 is 0 Å². The molecule has 0 spiro atoms. The van der Waals surface area contributed by atoms with E-state index >= 15 is 0 Å². The molecular formula is C23H28Cl2FN3S. The molecule has 1 heterocycles. The quantitative estimate of drug-likeness (QED) is 0.290. The van der Waals surface area contributed by atoms with Gasteiger partial charge in [-0.3, -0.25) is 0 Å². The van der Waals surface area contributed by atoms with Crippen LogP contribution in [-0.4, -0.2) is 29.8 Å². The van der Waals surface area contributed by atoms with E-state index in [1.807, 2.05) is 29.7 Å². The molecule has 0 aliphatic rings. The minimum absolute atomic E-state index is 0. The van der Waals surface area contributed by atoms with Gasteiger partial charge in [-0.05, 0) is 62.1 Å². The Hall–Kier alpha value is -1.95. The van der Waals surface area contributed by atoms with Crippen LogP contribution in [0, 0.1) is 26.6 Å². The van der Waals surface area contributed by atoms with Gasteiger partial charge in [-0.15, -0.1) is 36.2 Å². The van der Waals surface area contributed by atoms with Crippen molar-refractivity contribution in [3.8, 4) is 11.3 Å². The molecule has 0 fully saturated rings. The Labute approximate surface area is 194 Å². The maximum atomic E-state index is 13.9. The number of rotatable bonds is 6. The van der Waals surface area contributed by atoms with E-state index in [1.165, 1.54) is 11.1 Å². The highest BCUT2D eigenvalue weighted by Crippen LogP contribution is 2.28. The second-order valence-corrected chi connectivity index (χ2v) is 8.09. The third-order valence-corrected chi connectivity index (χ3v) is 5.76. The maximum Gasteiger partial charge on any atom is 0.126 e. The van der Waals surface area contributed by atoms with Gasteiger partial charge < -0.3 is 4.90 Å². The molecule has 0 radical (unpaired) electrons. The smallest absolute Gasteiger partial charge is 0.126 e. The largest absolute Gasteiger partial charge is 0.366 e. The number of hydrogen-bond donors (Lipinski definition) is 0. The van der Waals surface area contributed by atoms with Gasteiger partial charge in [0.1, 0.15) is 5.82 Å². The zero-order valence-corrected chi connectivity index (χ0v) is 20.3. The summed E-state index contributed by atoms with van der Waals surface area (Å²) in [5.74, 6) is -0.191. The molecule has 3 rings (SSSR count). The van der Waals surface area contributed by atoms with Gasteiger partial charge in [0, 0.05) is 31.0 Å². The molecule has 0 atom stereocenters. The molecule has 0 amide bonds. The van der Waals surface area contributed by atoms with Crippen LogP contribution >= 0.6 is 36.2 Å². The van der Waals surface area contributed by atoms with Crippen molar-refractivity contribution in [3.05, 3.63) is 68.8 Å². The first-order valence-electron chi connectivity index (χ1n) is 9.43. The second-order valence-electron chi connectivity index (χ2n) is 7.15. The maximum absolute atomic E-state index is 13.9. The molecule has 3 nitrogen and oxygen atoms in total. The van der Waals surface area contributed by atoms with Gasteiger partial charge in [-0.25, -0.2) is 14.4 Å². The van der Waals surface area contributed by atoms with Gasteiger partial charge >= 0.3 is 0 Å². The van der Waals surface area contributed by atoms with Gasteiger partial charge in [-0.1, -0.05) is 18.2 Å². The summed E-state index contributed by atoms with van der Waals surface area (Å²) in [6.07, 6.45) is 2.64. The summed E-state index contributed by atoms with van der Waals surface area (Å²) in [6.45, 7) is 8.99. The average molecular weight is 468 g/mol. The van der Waals surface area contributed by atoms with Gasteiger partial charge in [0.15, 0.2) is 0 Å². The van der Waals surface area contributed by atoms with Crippen LogP contribution < -0.4 is 0 Å². The van der Waals surface area contributed by atoms with Gasteiger partial charge in [0.25, 0.3) is 0 Å². The Balaban J connectivity index is 0.00000225. The van der Waals surface area contributed by atoms with Crippen LogP contribution in [0.3, 0.4) is 0 Å². The zero-order chi connectivity index (χ0) is 20.3. The van der Waals surface area contributed by atoms with Crippen molar-refractivity contribution >= 4 is 48.2 Å². The van der Waals surface area contributed by atoms with Gasteiger partial charge in [-0.2, -0.15) is 0 Å². The Kier molecular flexibility index (Phi) is 9.95. The van der Waals surface area contributed by atoms with Crippen molar-refractivity contribution in [2.45, 2.75) is 34.1 Å². The molecular weight excluding hydrogens is 440 g/mol. The minimum atomic E-state index is -0.191. The summed E-state index contributed by atoms with van der Waals surface area (Å²) < 4.78 is 13.9. The molecule has 30 heavy (non-hydrogen) atoms. The predicted octanol–water partition coefficient (Wildman–Crippen LogP) is 6.92. The van der Waals surface area contributed by atoms with Crippen molar-refractivity contribution in [3.63, 3.8) is 0 Å². The summed E-state index contributed by atoms with van der Waals surface area (Å²) in [6, 6.07) is 9.61. The fraction of sp³-hybridized carbons (Fsp3) is 0.304. The molecule has 162 valence electrons. The topological polar surface area (TPSA) is 28.5 Å². The number of nitrogens with zero attached hydrogens (tertiary/aromatic N) is 3. The Bertz CT molecular complexity index is 1020. The van der Waals surface area contributed by atoms with Crippen LogP contribution in [0.4, 0.5) is 10.1 Å². The van der Waals surface area contributed by atoms with E-state index in [0.717, 1.165) is 40.5 Å². The third-order valence-electron chi connectivity index (χ3n) is 4.91. The predicted molar refractivity (Wildman–Crippen MR) is 132 cm³/mol. The summed E-state index contributed by atoms with van der Waals surface area (Å²) in [5.41, 5.74) is 6.90. The molecule has 2 aromatic carbocycles. The monoisotopic (exact) mass is 467 g/mol. The fourth-order valence-corrected chi connectivity index (χ4v) is 3.70. The Morgan fingerprint density at radius 2 is 1.80 bits per heavy atom. The van der Waals surface area contributed by atoms with E-state index in [4.69, 9.17) is 4.98 Å². The molecule has 0 N–H and O–H groups in total. The van der Waals surface area contributed by atoms with E-state index in [-0.39, 0.29) is 30.6 Å². The number of aryl methyl sites for hydroxylation is 3. The van der Waals surface area contributed by atoms with E-state index in [9.17, 15) is 4.39 Å². The number of hydrogen-bond acceptors (Lipinski definition) is 3. The lowest BCUT2D eigenvalue weighted by atomic mass is 10.0. The SMILES string of the molecule is CCN(C)C=Nc1cc(C)c(Cc2nc(-c3ccc(C)c(F)c3)cs2)cc1C.Cl.Cl. The first kappa shape index (κ1) is 26.1. The van der Waals surface area contributed by atoms with Crippen molar-refractivity contribution in [2.75, 3.05) is 13.6 Å². The third kappa shape index (κ3) is 6.27. The first-order valence-corrected chi connectivity index (χ1v) is 10.3. The Morgan fingerprint density at radius 1 is 1.07 bits per heavy atom. The number of halogens is 3. The van der Waals surface area contributed by atoms with Crippen molar-refractivity contribution < 1.29 is 4.39 Å². The number of aliphatic imine (C=N–C) groups is 1. The van der Waals surface area contributed by atoms with Crippen LogP contribution in [0.2, 0.25) is 0 Å². The second kappa shape index (κ2) is 11.4. The van der Waals surface area contributed by atoms with Gasteiger partial charge in [0.05, 0.1) is 22.7 Å². The van der Waals surface area contributed by atoms with Gasteiger partial charge in [0.2, 0.25) is 0 Å². The highest BCUT2D eigenvalue weighted by Gasteiger charge is 2.10. The molecule has 0 saturated heterocycles. The lowest BCUT2D eigenvalue weighted by Crippen LogP contribution is -2.14. The van der Waals surface area contributed by atoms with Crippen LogP contribution in [0.5, 0.6) is 0 Å². The van der Waals surface area contributed by atoms with Crippen LogP contribution in [0.15, 0.2) is 40.7 Å². The normalized spacial score (nSPS) is 10.6. The molecule has 0 bridgehead atoms. The highest BCUT2D eigenvalue weighted by atomic mass is 35.5. The van der Waals surface area contributed by atoms with Crippen LogP contribution in [0.1, 0.15) is 34.2 Å².